The SMILES string of the molecule is CSc1nnc(SCC(=O)NC(=O)N[C@@H]2CCC[C@@H](C)[C@@H]2C)s1. The third-order valence-corrected chi connectivity index (χ3v) is 7.20. The van der Waals surface area contributed by atoms with Crippen LogP contribution in [0.1, 0.15) is 33.1 Å². The molecule has 9 heteroatoms. The molecule has 0 aliphatic heterocycles. The van der Waals surface area contributed by atoms with Crippen molar-refractivity contribution in [3.8, 4) is 0 Å². The molecule has 0 bridgehead atoms. The van der Waals surface area contributed by atoms with E-state index in [1.807, 2.05) is 6.26 Å². The second-order valence-electron chi connectivity index (χ2n) is 5.72. The summed E-state index contributed by atoms with van der Waals surface area (Å²) in [5.74, 6) is 0.881. The van der Waals surface area contributed by atoms with Gasteiger partial charge in [-0.25, -0.2) is 4.79 Å². The van der Waals surface area contributed by atoms with Gasteiger partial charge < -0.3 is 5.32 Å². The van der Waals surface area contributed by atoms with Crippen molar-refractivity contribution in [2.45, 2.75) is 47.8 Å². The first-order valence-corrected chi connectivity index (χ1v) is 10.6. The molecule has 3 atom stereocenters. The zero-order valence-corrected chi connectivity index (χ0v) is 15.9. The van der Waals surface area contributed by atoms with Gasteiger partial charge in [0.15, 0.2) is 8.68 Å². The molecule has 1 aromatic rings. The summed E-state index contributed by atoms with van der Waals surface area (Å²) in [6, 6.07) is -0.255. The van der Waals surface area contributed by atoms with E-state index in [9.17, 15) is 9.59 Å². The number of rotatable bonds is 5. The number of nitrogens with one attached hydrogen (secondary N) is 2. The van der Waals surface area contributed by atoms with Gasteiger partial charge in [-0.2, -0.15) is 0 Å². The van der Waals surface area contributed by atoms with Crippen LogP contribution in [0.15, 0.2) is 8.68 Å². The van der Waals surface area contributed by atoms with Crippen LogP contribution in [0.3, 0.4) is 0 Å². The van der Waals surface area contributed by atoms with Crippen LogP contribution in [0, 0.1) is 11.8 Å². The van der Waals surface area contributed by atoms with Crippen LogP contribution >= 0.6 is 34.9 Å². The highest BCUT2D eigenvalue weighted by atomic mass is 32.2. The number of amides is 3. The lowest BCUT2D eigenvalue weighted by Crippen LogP contribution is -2.49. The van der Waals surface area contributed by atoms with Crippen LogP contribution in [-0.4, -0.2) is 40.2 Å². The Kier molecular flexibility index (Phi) is 7.16. The van der Waals surface area contributed by atoms with Crippen LogP contribution in [-0.2, 0) is 4.79 Å². The van der Waals surface area contributed by atoms with Gasteiger partial charge >= 0.3 is 6.03 Å². The van der Waals surface area contributed by atoms with Gasteiger partial charge in [0.25, 0.3) is 0 Å². The van der Waals surface area contributed by atoms with Gasteiger partial charge in [0.1, 0.15) is 0 Å². The number of imide groups is 1. The first-order valence-electron chi connectivity index (χ1n) is 7.60. The van der Waals surface area contributed by atoms with Crippen molar-refractivity contribution in [3.05, 3.63) is 0 Å². The summed E-state index contributed by atoms with van der Waals surface area (Å²) < 4.78 is 1.60. The smallest absolute Gasteiger partial charge is 0.321 e. The molecule has 1 heterocycles. The topological polar surface area (TPSA) is 84.0 Å². The Morgan fingerprint density at radius 2 is 2.00 bits per heavy atom. The molecule has 128 valence electrons. The van der Waals surface area contributed by atoms with E-state index in [1.165, 1.54) is 41.3 Å². The number of carbonyl (C=O) groups excluding carboxylic acids is 2. The molecule has 1 aliphatic rings. The first kappa shape index (κ1) is 18.5. The Bertz CT molecular complexity index is 552. The zero-order chi connectivity index (χ0) is 16.8. The highest BCUT2D eigenvalue weighted by Gasteiger charge is 2.28. The molecule has 0 saturated heterocycles. The third-order valence-electron chi connectivity index (χ3n) is 4.17. The lowest BCUT2D eigenvalue weighted by molar-refractivity contribution is -0.117. The maximum absolute atomic E-state index is 12.0. The van der Waals surface area contributed by atoms with Crippen molar-refractivity contribution < 1.29 is 9.59 Å². The van der Waals surface area contributed by atoms with E-state index in [0.29, 0.717) is 11.8 Å². The number of thioether (sulfide) groups is 2. The normalized spacial score (nSPS) is 24.2. The maximum Gasteiger partial charge on any atom is 0.321 e. The lowest BCUT2D eigenvalue weighted by Gasteiger charge is -2.34. The van der Waals surface area contributed by atoms with Gasteiger partial charge in [0.05, 0.1) is 5.75 Å². The van der Waals surface area contributed by atoms with E-state index >= 15 is 0 Å². The van der Waals surface area contributed by atoms with E-state index in [1.54, 1.807) is 0 Å². The summed E-state index contributed by atoms with van der Waals surface area (Å²) in [5, 5.41) is 13.3. The summed E-state index contributed by atoms with van der Waals surface area (Å²) in [5.41, 5.74) is 0. The molecule has 0 aromatic carbocycles. The number of hydrogen-bond donors (Lipinski definition) is 2. The van der Waals surface area contributed by atoms with Gasteiger partial charge in [-0.15, -0.1) is 10.2 Å². The molecule has 0 unspecified atom stereocenters. The van der Waals surface area contributed by atoms with Gasteiger partial charge in [-0.05, 0) is 24.5 Å². The van der Waals surface area contributed by atoms with Crippen molar-refractivity contribution in [3.63, 3.8) is 0 Å². The molecule has 1 saturated carbocycles. The second-order valence-corrected chi connectivity index (χ2v) is 8.98. The van der Waals surface area contributed by atoms with E-state index in [2.05, 4.69) is 34.7 Å². The number of urea groups is 1. The molecule has 2 rings (SSSR count). The molecule has 6 nitrogen and oxygen atoms in total. The number of carbonyl (C=O) groups is 2. The molecule has 1 fully saturated rings. The second kappa shape index (κ2) is 8.89. The van der Waals surface area contributed by atoms with Gasteiger partial charge in [-0.1, -0.05) is 61.5 Å². The highest BCUT2D eigenvalue weighted by molar-refractivity contribution is 8.03. The molecule has 2 N–H and O–H groups in total. The van der Waals surface area contributed by atoms with Crippen molar-refractivity contribution >= 4 is 46.8 Å². The quantitative estimate of drug-likeness (QED) is 0.771. The minimum atomic E-state index is -0.399. The van der Waals surface area contributed by atoms with E-state index in [0.717, 1.165) is 21.5 Å². The summed E-state index contributed by atoms with van der Waals surface area (Å²) in [6.07, 6.45) is 5.23. The predicted molar refractivity (Wildman–Crippen MR) is 95.1 cm³/mol. The monoisotopic (exact) mass is 374 g/mol. The Balaban J connectivity index is 1.72. The molecule has 23 heavy (non-hydrogen) atoms. The zero-order valence-electron chi connectivity index (χ0n) is 13.5. The summed E-state index contributed by atoms with van der Waals surface area (Å²) in [6.45, 7) is 4.37. The van der Waals surface area contributed by atoms with Crippen LogP contribution in [0.5, 0.6) is 0 Å². The van der Waals surface area contributed by atoms with E-state index in [4.69, 9.17) is 0 Å². The molecule has 1 aromatic heterocycles. The minimum absolute atomic E-state index is 0.145. The largest absolute Gasteiger partial charge is 0.335 e. The number of nitrogens with zero attached hydrogens (tertiary/aromatic N) is 2. The predicted octanol–water partition coefficient (Wildman–Crippen LogP) is 3.00. The maximum atomic E-state index is 12.0. The number of hydrogen-bond acceptors (Lipinski definition) is 7. The fourth-order valence-electron chi connectivity index (χ4n) is 2.62. The molecule has 1 aliphatic carbocycles. The summed E-state index contributed by atoms with van der Waals surface area (Å²) in [7, 11) is 0. The highest BCUT2D eigenvalue weighted by Crippen LogP contribution is 2.29. The lowest BCUT2D eigenvalue weighted by atomic mass is 9.78. The minimum Gasteiger partial charge on any atom is -0.335 e. The number of aromatic nitrogens is 2. The van der Waals surface area contributed by atoms with Crippen LogP contribution < -0.4 is 10.6 Å². The average molecular weight is 375 g/mol. The Hall–Kier alpha value is -0.800. The van der Waals surface area contributed by atoms with Crippen molar-refractivity contribution in [2.24, 2.45) is 11.8 Å². The van der Waals surface area contributed by atoms with Gasteiger partial charge in [0.2, 0.25) is 5.91 Å². The fraction of sp³-hybridized carbons (Fsp3) is 0.714. The Morgan fingerprint density at radius 3 is 2.70 bits per heavy atom. The molecule has 0 spiro atoms. The molecular formula is C14H22N4O2S3. The first-order chi connectivity index (χ1) is 11.0. The van der Waals surface area contributed by atoms with Crippen LogP contribution in [0.2, 0.25) is 0 Å². The van der Waals surface area contributed by atoms with E-state index in [-0.39, 0.29) is 17.7 Å². The standard InChI is InChI=1S/C14H22N4O2S3/c1-8-5-4-6-10(9(8)2)15-12(20)16-11(19)7-22-14-18-17-13(21-3)23-14/h8-10H,4-7H2,1-3H3,(H2,15,16,19,20)/t8-,9+,10-/m1/s1. The van der Waals surface area contributed by atoms with Crippen LogP contribution in [0.4, 0.5) is 4.79 Å². The summed E-state index contributed by atoms with van der Waals surface area (Å²) in [4.78, 5) is 23.8. The third kappa shape index (κ3) is 5.65. The van der Waals surface area contributed by atoms with Gasteiger partial charge in [0, 0.05) is 6.04 Å². The molecule has 3 amide bonds. The van der Waals surface area contributed by atoms with Crippen molar-refractivity contribution in [1.82, 2.24) is 20.8 Å². The Labute approximate surface area is 149 Å². The fourth-order valence-corrected chi connectivity index (χ4v) is 4.86. The van der Waals surface area contributed by atoms with Crippen molar-refractivity contribution in [1.29, 1.82) is 0 Å². The summed E-state index contributed by atoms with van der Waals surface area (Å²) >= 11 is 4.26. The Morgan fingerprint density at radius 1 is 1.26 bits per heavy atom. The van der Waals surface area contributed by atoms with Crippen LogP contribution in [0.25, 0.3) is 0 Å². The van der Waals surface area contributed by atoms with Crippen molar-refractivity contribution in [2.75, 3.05) is 12.0 Å². The molecule has 0 radical (unpaired) electrons. The van der Waals surface area contributed by atoms with E-state index < -0.39 is 6.03 Å². The van der Waals surface area contributed by atoms with Gasteiger partial charge in [-0.3, -0.25) is 10.1 Å². The average Bonchev–Trinajstić information content (AvgIpc) is 2.98. The molecular weight excluding hydrogens is 352 g/mol.